The SMILES string of the molecule is CC1(C)Oc2cc(Nc3ncc(-c4nnc(-c5ccncc5)o4)c(N[C@H](CO)c4ccccc4)n3)ccc2C1=O. The first-order chi connectivity index (χ1) is 19.4. The molecule has 0 amide bonds. The molecule has 4 heterocycles. The lowest BCUT2D eigenvalue weighted by atomic mass is 10.00. The predicted molar refractivity (Wildman–Crippen MR) is 147 cm³/mol. The zero-order valence-electron chi connectivity index (χ0n) is 21.7. The first-order valence-corrected chi connectivity index (χ1v) is 12.6. The van der Waals surface area contributed by atoms with Gasteiger partial charge in [-0.25, -0.2) is 4.98 Å². The number of hydrogen-bond acceptors (Lipinski definition) is 11. The molecule has 0 aliphatic carbocycles. The van der Waals surface area contributed by atoms with Crippen LogP contribution in [0.3, 0.4) is 0 Å². The Balaban J connectivity index is 1.35. The van der Waals surface area contributed by atoms with Crippen LogP contribution in [-0.2, 0) is 0 Å². The minimum atomic E-state index is -0.911. The number of pyridine rings is 1. The number of hydrogen-bond donors (Lipinski definition) is 3. The van der Waals surface area contributed by atoms with Crippen molar-refractivity contribution in [2.24, 2.45) is 0 Å². The number of ether oxygens (including phenoxy) is 1. The summed E-state index contributed by atoms with van der Waals surface area (Å²) < 4.78 is 11.8. The highest BCUT2D eigenvalue weighted by Gasteiger charge is 2.39. The van der Waals surface area contributed by atoms with Crippen molar-refractivity contribution in [3.8, 4) is 28.7 Å². The molecule has 0 spiro atoms. The van der Waals surface area contributed by atoms with E-state index in [2.05, 4.69) is 35.8 Å². The highest BCUT2D eigenvalue weighted by Crippen LogP contribution is 2.37. The van der Waals surface area contributed by atoms with Crippen LogP contribution >= 0.6 is 0 Å². The molecule has 200 valence electrons. The molecule has 5 aromatic rings. The lowest BCUT2D eigenvalue weighted by Crippen LogP contribution is -2.31. The molecule has 1 aliphatic rings. The Hall–Kier alpha value is -5.16. The Morgan fingerprint density at radius 1 is 0.975 bits per heavy atom. The molecule has 0 saturated heterocycles. The van der Waals surface area contributed by atoms with Crippen molar-refractivity contribution in [3.05, 3.63) is 90.4 Å². The Kier molecular flexibility index (Phi) is 6.40. The number of aliphatic hydroxyl groups is 1. The topological polar surface area (TPSA) is 148 Å². The molecule has 11 heteroatoms. The maximum Gasteiger partial charge on any atom is 0.253 e. The number of aromatic nitrogens is 5. The average molecular weight is 536 g/mol. The van der Waals surface area contributed by atoms with E-state index in [-0.39, 0.29) is 24.2 Å². The van der Waals surface area contributed by atoms with E-state index in [0.29, 0.717) is 34.3 Å². The van der Waals surface area contributed by atoms with Crippen molar-refractivity contribution >= 4 is 23.2 Å². The molecule has 40 heavy (non-hydrogen) atoms. The largest absolute Gasteiger partial charge is 0.479 e. The summed E-state index contributed by atoms with van der Waals surface area (Å²) in [6, 6.07) is 17.8. The average Bonchev–Trinajstić information content (AvgIpc) is 3.55. The highest BCUT2D eigenvalue weighted by atomic mass is 16.5. The summed E-state index contributed by atoms with van der Waals surface area (Å²) in [4.78, 5) is 25.7. The monoisotopic (exact) mass is 535 g/mol. The second-order valence-corrected chi connectivity index (χ2v) is 9.67. The summed E-state index contributed by atoms with van der Waals surface area (Å²) in [5.41, 5.74) is 2.31. The predicted octanol–water partition coefficient (Wildman–Crippen LogP) is 4.83. The van der Waals surface area contributed by atoms with E-state index in [9.17, 15) is 9.90 Å². The van der Waals surface area contributed by atoms with E-state index in [4.69, 9.17) is 9.15 Å². The van der Waals surface area contributed by atoms with Gasteiger partial charge in [0.05, 0.1) is 23.8 Å². The van der Waals surface area contributed by atoms with Gasteiger partial charge in [-0.15, -0.1) is 10.2 Å². The summed E-state index contributed by atoms with van der Waals surface area (Å²) >= 11 is 0. The molecule has 1 aliphatic heterocycles. The van der Waals surface area contributed by atoms with Crippen molar-refractivity contribution in [2.75, 3.05) is 17.2 Å². The molecule has 11 nitrogen and oxygen atoms in total. The normalized spacial score (nSPS) is 14.3. The molecule has 0 bridgehead atoms. The van der Waals surface area contributed by atoms with Crippen molar-refractivity contribution in [3.63, 3.8) is 0 Å². The van der Waals surface area contributed by atoms with Crippen LogP contribution in [0.15, 0.2) is 83.7 Å². The number of carbonyl (C=O) groups is 1. The van der Waals surface area contributed by atoms with Gasteiger partial charge in [0, 0.05) is 35.9 Å². The maximum absolute atomic E-state index is 12.5. The van der Waals surface area contributed by atoms with Gasteiger partial charge in [0.2, 0.25) is 17.6 Å². The van der Waals surface area contributed by atoms with E-state index in [1.165, 1.54) is 0 Å². The Bertz CT molecular complexity index is 1670. The van der Waals surface area contributed by atoms with Gasteiger partial charge in [0.1, 0.15) is 11.6 Å². The number of nitrogens with zero attached hydrogens (tertiary/aromatic N) is 5. The Morgan fingerprint density at radius 2 is 1.75 bits per heavy atom. The molecule has 0 unspecified atom stereocenters. The lowest BCUT2D eigenvalue weighted by Gasteiger charge is -2.19. The third-order valence-corrected chi connectivity index (χ3v) is 6.46. The number of rotatable bonds is 8. The van der Waals surface area contributed by atoms with E-state index >= 15 is 0 Å². The number of nitrogens with one attached hydrogen (secondary N) is 2. The Morgan fingerprint density at radius 3 is 2.52 bits per heavy atom. The second-order valence-electron chi connectivity index (χ2n) is 9.67. The third-order valence-electron chi connectivity index (χ3n) is 6.46. The molecule has 3 aromatic heterocycles. The lowest BCUT2D eigenvalue weighted by molar-refractivity contribution is 0.0684. The molecule has 3 N–H and O–H groups in total. The number of aliphatic hydroxyl groups excluding tert-OH is 1. The van der Waals surface area contributed by atoms with E-state index < -0.39 is 11.6 Å². The van der Waals surface area contributed by atoms with Crippen LogP contribution in [0.25, 0.3) is 22.9 Å². The van der Waals surface area contributed by atoms with E-state index in [1.54, 1.807) is 62.8 Å². The number of carbonyl (C=O) groups excluding carboxylic acids is 1. The molecule has 6 rings (SSSR count). The summed E-state index contributed by atoms with van der Waals surface area (Å²) in [6.07, 6.45) is 4.85. The fourth-order valence-electron chi connectivity index (χ4n) is 4.38. The summed E-state index contributed by atoms with van der Waals surface area (Å²) in [6.45, 7) is 3.29. The van der Waals surface area contributed by atoms with Gasteiger partial charge >= 0.3 is 0 Å². The molecule has 1 atom stereocenters. The van der Waals surface area contributed by atoms with Crippen molar-refractivity contribution in [1.29, 1.82) is 0 Å². The van der Waals surface area contributed by atoms with Crippen molar-refractivity contribution in [1.82, 2.24) is 25.1 Å². The van der Waals surface area contributed by atoms with Crippen LogP contribution < -0.4 is 15.4 Å². The van der Waals surface area contributed by atoms with Crippen molar-refractivity contribution in [2.45, 2.75) is 25.5 Å². The Labute approximate surface area is 229 Å². The fraction of sp³-hybridized carbons (Fsp3) is 0.172. The quantitative estimate of drug-likeness (QED) is 0.251. The van der Waals surface area contributed by atoms with Crippen LogP contribution in [0.1, 0.15) is 35.8 Å². The molecule has 0 saturated carbocycles. The number of fused-ring (bicyclic) bond motifs is 1. The zero-order chi connectivity index (χ0) is 27.7. The maximum atomic E-state index is 12.5. The van der Waals surface area contributed by atoms with E-state index in [0.717, 1.165) is 11.1 Å². The molecule has 0 fully saturated rings. The number of anilines is 3. The summed E-state index contributed by atoms with van der Waals surface area (Å²) in [7, 11) is 0. The smallest absolute Gasteiger partial charge is 0.253 e. The number of ketones is 1. The molecular weight excluding hydrogens is 510 g/mol. The van der Waals surface area contributed by atoms with Crippen molar-refractivity contribution < 1.29 is 19.1 Å². The minimum Gasteiger partial charge on any atom is -0.479 e. The van der Waals surface area contributed by atoms with Gasteiger partial charge in [0.15, 0.2) is 5.60 Å². The summed E-state index contributed by atoms with van der Waals surface area (Å²) in [5.74, 6) is 1.60. The molecule has 2 aromatic carbocycles. The van der Waals surface area contributed by atoms with E-state index in [1.807, 2.05) is 30.3 Å². The standard InChI is InChI=1S/C29H25N7O4/c1-29(2)24(38)20-9-8-19(14-23(20)40-29)32-28-31-15-21(27-36-35-26(39-27)18-10-12-30-13-11-18)25(34-28)33-22(16-37)17-6-4-3-5-7-17/h3-15,22,37H,16H2,1-2H3,(H2,31,32,33,34)/t22-/m1/s1. The fourth-order valence-corrected chi connectivity index (χ4v) is 4.38. The van der Waals surface area contributed by atoms with Crippen LogP contribution in [0.4, 0.5) is 17.5 Å². The second kappa shape index (κ2) is 10.2. The van der Waals surface area contributed by atoms with Crippen LogP contribution in [0.2, 0.25) is 0 Å². The minimum absolute atomic E-state index is 0.0669. The first kappa shape index (κ1) is 25.1. The zero-order valence-corrected chi connectivity index (χ0v) is 21.7. The van der Waals surface area contributed by atoms with Crippen LogP contribution in [-0.4, -0.2) is 48.2 Å². The van der Waals surface area contributed by atoms with Gasteiger partial charge in [-0.1, -0.05) is 30.3 Å². The number of benzene rings is 2. The van der Waals surface area contributed by atoms with Crippen LogP contribution in [0, 0.1) is 0 Å². The molecule has 0 radical (unpaired) electrons. The summed E-state index contributed by atoms with van der Waals surface area (Å²) in [5, 5.41) is 25.0. The van der Waals surface area contributed by atoms with Gasteiger partial charge < -0.3 is 24.9 Å². The first-order valence-electron chi connectivity index (χ1n) is 12.6. The highest BCUT2D eigenvalue weighted by molar-refractivity contribution is 6.07. The third kappa shape index (κ3) is 4.85. The molecular formula is C29H25N7O4. The van der Waals surface area contributed by atoms with Gasteiger partial charge in [-0.05, 0) is 43.7 Å². The van der Waals surface area contributed by atoms with Gasteiger partial charge in [-0.2, -0.15) is 4.98 Å². The van der Waals surface area contributed by atoms with Gasteiger partial charge in [-0.3, -0.25) is 9.78 Å². The van der Waals surface area contributed by atoms with Crippen LogP contribution in [0.5, 0.6) is 5.75 Å². The number of Topliss-reactive ketones (excluding diaryl/α,β-unsaturated/α-hetero) is 1. The van der Waals surface area contributed by atoms with Gasteiger partial charge in [0.25, 0.3) is 5.89 Å².